The molecule has 4 N–H and O–H groups in total. The molecule has 4 amide bonds. The number of nitrogens with one attached hydrogen (secondary N) is 3. The van der Waals surface area contributed by atoms with E-state index in [2.05, 4.69) is 16.0 Å². The number of hydrogen-bond acceptors (Lipinski definition) is 5. The Labute approximate surface area is 255 Å². The van der Waals surface area contributed by atoms with Crippen LogP contribution in [0.4, 0.5) is 21.9 Å². The second kappa shape index (κ2) is 14.5. The standard InChI is InChI=1S/C34H34N4O6/c1-22-9-7-8-12-29(22)38(2)34(43)37-27-18-13-23(19-30(27)44-3)20-31(39)35-26-16-14-24(15-17-26)28(21-32(40)41)36-33(42)25-10-5-4-6-11-25/h4-19,28H,20-21H2,1-3H3,(H,35,39)(H,36,42)(H,37,43)(H,40,41). The largest absolute Gasteiger partial charge is 0.495 e. The predicted molar refractivity (Wildman–Crippen MR) is 169 cm³/mol. The molecule has 10 nitrogen and oxygen atoms in total. The van der Waals surface area contributed by atoms with Crippen LogP contribution in [0.3, 0.4) is 0 Å². The van der Waals surface area contributed by atoms with Crippen LogP contribution in [0.25, 0.3) is 0 Å². The molecule has 0 fully saturated rings. The van der Waals surface area contributed by atoms with Crippen LogP contribution >= 0.6 is 0 Å². The highest BCUT2D eigenvalue weighted by atomic mass is 16.5. The van der Waals surface area contributed by atoms with E-state index in [1.807, 2.05) is 31.2 Å². The van der Waals surface area contributed by atoms with Gasteiger partial charge < -0.3 is 25.8 Å². The molecule has 0 saturated carbocycles. The van der Waals surface area contributed by atoms with Gasteiger partial charge in [-0.05, 0) is 66.1 Å². The molecule has 0 heterocycles. The molecule has 10 heteroatoms. The fourth-order valence-electron chi connectivity index (χ4n) is 4.64. The molecule has 0 radical (unpaired) electrons. The molecule has 0 aliphatic heterocycles. The van der Waals surface area contributed by atoms with Crippen molar-refractivity contribution >= 4 is 40.9 Å². The Balaban J connectivity index is 1.38. The topological polar surface area (TPSA) is 137 Å². The van der Waals surface area contributed by atoms with Gasteiger partial charge in [0, 0.05) is 24.0 Å². The molecule has 226 valence electrons. The van der Waals surface area contributed by atoms with Crippen LogP contribution in [0, 0.1) is 6.92 Å². The fourth-order valence-corrected chi connectivity index (χ4v) is 4.64. The number of amides is 4. The van der Waals surface area contributed by atoms with Crippen LogP contribution < -0.4 is 25.6 Å². The van der Waals surface area contributed by atoms with Crippen LogP contribution in [0.2, 0.25) is 0 Å². The number of hydrogen-bond donors (Lipinski definition) is 4. The molecule has 1 atom stereocenters. The van der Waals surface area contributed by atoms with E-state index in [1.165, 1.54) is 12.0 Å². The number of para-hydroxylation sites is 1. The smallest absolute Gasteiger partial charge is 0.326 e. The first-order valence-corrected chi connectivity index (χ1v) is 13.9. The molecule has 0 aliphatic carbocycles. The third kappa shape index (κ3) is 8.22. The highest BCUT2D eigenvalue weighted by molar-refractivity contribution is 6.02. The van der Waals surface area contributed by atoms with E-state index < -0.39 is 12.0 Å². The van der Waals surface area contributed by atoms with E-state index in [9.17, 15) is 24.3 Å². The second-order valence-corrected chi connectivity index (χ2v) is 10.1. The van der Waals surface area contributed by atoms with Gasteiger partial charge in [0.2, 0.25) is 5.91 Å². The summed E-state index contributed by atoms with van der Waals surface area (Å²) in [7, 11) is 3.17. The fraction of sp³-hybridized carbons (Fsp3) is 0.176. The first-order chi connectivity index (χ1) is 21.1. The van der Waals surface area contributed by atoms with Crippen LogP contribution in [-0.4, -0.2) is 43.1 Å². The summed E-state index contributed by atoms with van der Waals surface area (Å²) in [4.78, 5) is 51.3. The molecule has 0 spiro atoms. The van der Waals surface area contributed by atoms with Gasteiger partial charge in [0.05, 0.1) is 31.7 Å². The normalized spacial score (nSPS) is 11.2. The van der Waals surface area contributed by atoms with Gasteiger partial charge in [-0.2, -0.15) is 0 Å². The summed E-state index contributed by atoms with van der Waals surface area (Å²) in [6.45, 7) is 1.93. The Kier molecular flexibility index (Phi) is 10.3. The zero-order valence-electron chi connectivity index (χ0n) is 24.7. The molecule has 0 bridgehead atoms. The molecular weight excluding hydrogens is 560 g/mol. The number of aliphatic carboxylic acids is 1. The van der Waals surface area contributed by atoms with E-state index in [0.29, 0.717) is 33.8 Å². The van der Waals surface area contributed by atoms with E-state index >= 15 is 0 Å². The summed E-state index contributed by atoms with van der Waals surface area (Å²) in [5, 5.41) is 17.8. The number of urea groups is 1. The Morgan fingerprint density at radius 2 is 1.55 bits per heavy atom. The lowest BCUT2D eigenvalue weighted by molar-refractivity contribution is -0.137. The number of aryl methyl sites for hydroxylation is 1. The lowest BCUT2D eigenvalue weighted by Gasteiger charge is -2.21. The molecule has 1 unspecified atom stereocenters. The van der Waals surface area contributed by atoms with Crippen LogP contribution in [-0.2, 0) is 16.0 Å². The highest BCUT2D eigenvalue weighted by Crippen LogP contribution is 2.28. The van der Waals surface area contributed by atoms with Crippen molar-refractivity contribution in [2.75, 3.05) is 29.7 Å². The number of carbonyl (C=O) groups is 4. The summed E-state index contributed by atoms with van der Waals surface area (Å²) >= 11 is 0. The third-order valence-corrected chi connectivity index (χ3v) is 6.97. The molecule has 4 rings (SSSR count). The number of nitrogens with zero attached hydrogens (tertiary/aromatic N) is 1. The molecule has 0 saturated heterocycles. The summed E-state index contributed by atoms with van der Waals surface area (Å²) in [6.07, 6.45) is -0.255. The van der Waals surface area contributed by atoms with Gasteiger partial charge in [0.1, 0.15) is 5.75 Å². The number of rotatable bonds is 11. The number of carboxylic acids is 1. The van der Waals surface area contributed by atoms with Gasteiger partial charge >= 0.3 is 12.0 Å². The zero-order valence-corrected chi connectivity index (χ0v) is 24.7. The average molecular weight is 595 g/mol. The quantitative estimate of drug-likeness (QED) is 0.173. The molecule has 4 aromatic carbocycles. The maximum absolute atomic E-state index is 12.9. The van der Waals surface area contributed by atoms with Gasteiger partial charge in [-0.15, -0.1) is 0 Å². The minimum Gasteiger partial charge on any atom is -0.495 e. The minimum atomic E-state index is -1.06. The number of ether oxygens (including phenoxy) is 1. The van der Waals surface area contributed by atoms with E-state index in [1.54, 1.807) is 79.8 Å². The number of methoxy groups -OCH3 is 1. The van der Waals surface area contributed by atoms with Gasteiger partial charge in [0.25, 0.3) is 5.91 Å². The van der Waals surface area contributed by atoms with Crippen molar-refractivity contribution in [1.82, 2.24) is 5.32 Å². The number of benzene rings is 4. The van der Waals surface area contributed by atoms with Crippen molar-refractivity contribution in [3.05, 3.63) is 119 Å². The highest BCUT2D eigenvalue weighted by Gasteiger charge is 2.20. The molecular formula is C34H34N4O6. The summed E-state index contributed by atoms with van der Waals surface area (Å²) in [6, 6.07) is 26.8. The van der Waals surface area contributed by atoms with Crippen molar-refractivity contribution in [3.63, 3.8) is 0 Å². The molecule has 0 aromatic heterocycles. The van der Waals surface area contributed by atoms with E-state index in [-0.39, 0.29) is 30.7 Å². The van der Waals surface area contributed by atoms with Gasteiger partial charge in [-0.1, -0.05) is 54.6 Å². The Morgan fingerprint density at radius 1 is 0.864 bits per heavy atom. The molecule has 0 aliphatic rings. The Bertz CT molecular complexity index is 1640. The number of carbonyl (C=O) groups excluding carboxylic acids is 3. The van der Waals surface area contributed by atoms with Crippen LogP contribution in [0.1, 0.15) is 39.5 Å². The van der Waals surface area contributed by atoms with Crippen molar-refractivity contribution in [3.8, 4) is 5.75 Å². The number of carboxylic acid groups (broad SMARTS) is 1. The average Bonchev–Trinajstić information content (AvgIpc) is 3.01. The summed E-state index contributed by atoms with van der Waals surface area (Å²) in [5.41, 5.74) is 4.40. The number of anilines is 3. The van der Waals surface area contributed by atoms with Crippen LogP contribution in [0.5, 0.6) is 5.75 Å². The van der Waals surface area contributed by atoms with Crippen molar-refractivity contribution in [1.29, 1.82) is 0 Å². The molecule has 44 heavy (non-hydrogen) atoms. The Hall–Kier alpha value is -5.64. The maximum atomic E-state index is 12.9. The van der Waals surface area contributed by atoms with Gasteiger partial charge in [0.15, 0.2) is 0 Å². The first kappa shape index (κ1) is 31.3. The van der Waals surface area contributed by atoms with Crippen molar-refractivity contribution < 1.29 is 29.0 Å². The lowest BCUT2D eigenvalue weighted by atomic mass is 10.0. The minimum absolute atomic E-state index is 0.0459. The second-order valence-electron chi connectivity index (χ2n) is 10.1. The van der Waals surface area contributed by atoms with Gasteiger partial charge in [-0.3, -0.25) is 19.3 Å². The lowest BCUT2D eigenvalue weighted by Crippen LogP contribution is -2.31. The van der Waals surface area contributed by atoms with Crippen LogP contribution in [0.15, 0.2) is 97.1 Å². The van der Waals surface area contributed by atoms with E-state index in [4.69, 9.17) is 4.74 Å². The summed E-state index contributed by atoms with van der Waals surface area (Å²) in [5.74, 6) is -1.31. The monoisotopic (exact) mass is 594 g/mol. The molecule has 4 aromatic rings. The van der Waals surface area contributed by atoms with E-state index in [0.717, 1.165) is 11.3 Å². The van der Waals surface area contributed by atoms with Crippen molar-refractivity contribution in [2.45, 2.75) is 25.8 Å². The van der Waals surface area contributed by atoms with Crippen molar-refractivity contribution in [2.24, 2.45) is 0 Å². The SMILES string of the molecule is COc1cc(CC(=O)Nc2ccc(C(CC(=O)O)NC(=O)c3ccccc3)cc2)ccc1NC(=O)N(C)c1ccccc1C. The maximum Gasteiger partial charge on any atom is 0.326 e. The Morgan fingerprint density at radius 3 is 2.20 bits per heavy atom. The predicted octanol–water partition coefficient (Wildman–Crippen LogP) is 5.80. The van der Waals surface area contributed by atoms with Gasteiger partial charge in [-0.25, -0.2) is 4.79 Å². The zero-order chi connectivity index (χ0) is 31.6. The summed E-state index contributed by atoms with van der Waals surface area (Å²) < 4.78 is 5.48. The third-order valence-electron chi connectivity index (χ3n) is 6.97. The first-order valence-electron chi connectivity index (χ1n) is 13.9.